The Bertz CT molecular complexity index is 3990. The van der Waals surface area contributed by atoms with Crippen molar-refractivity contribution in [2.45, 2.75) is 381 Å². The maximum atomic E-state index is 12.0. The molecule has 0 aromatic rings. The van der Waals surface area contributed by atoms with Crippen molar-refractivity contribution in [3.63, 3.8) is 0 Å². The van der Waals surface area contributed by atoms with Gasteiger partial charge in [0, 0.05) is 198 Å². The van der Waals surface area contributed by atoms with E-state index in [1.165, 1.54) is 0 Å². The zero-order chi connectivity index (χ0) is 117. The van der Waals surface area contributed by atoms with Gasteiger partial charge in [-0.3, -0.25) is 101 Å². The molecule has 17 N–H and O–H groups in total. The number of carboxylic acids is 9. The lowest BCUT2D eigenvalue weighted by molar-refractivity contribution is -0.199. The minimum Gasteiger partial charge on any atom is -0.481 e. The molecule has 0 aromatic heterocycles. The second kappa shape index (κ2) is 89.7. The van der Waals surface area contributed by atoms with Crippen LogP contribution in [0.1, 0.15) is 351 Å². The first-order valence-corrected chi connectivity index (χ1v) is 62.7. The van der Waals surface area contributed by atoms with Gasteiger partial charge in [0.25, 0.3) is 11.8 Å². The number of likely N-dealkylation sites (tertiary alicyclic amines) is 1. The maximum Gasteiger partial charge on any atom is 0.336 e. The smallest absolute Gasteiger partial charge is 0.336 e. The summed E-state index contributed by atoms with van der Waals surface area (Å²) in [5.74, 6) is -9.51. The molecule has 2 saturated heterocycles. The van der Waals surface area contributed by atoms with Crippen LogP contribution in [0.3, 0.4) is 0 Å². The lowest BCUT2D eigenvalue weighted by atomic mass is 9.95. The second-order valence-electron chi connectivity index (χ2n) is 40.8. The normalized spacial score (nSPS) is 14.1. The summed E-state index contributed by atoms with van der Waals surface area (Å²) in [6.07, 6.45) is 12.7. The first kappa shape index (κ1) is 154. The summed E-state index contributed by atoms with van der Waals surface area (Å²) >= 11 is 4.05. The van der Waals surface area contributed by atoms with E-state index in [4.69, 9.17) is 62.3 Å². The van der Waals surface area contributed by atoms with Crippen molar-refractivity contribution in [1.82, 2.24) is 31.2 Å². The van der Waals surface area contributed by atoms with Crippen LogP contribution in [0.15, 0.2) is 0 Å². The van der Waals surface area contributed by atoms with Crippen molar-refractivity contribution in [2.24, 2.45) is 58.8 Å². The average Bonchev–Trinajstić information content (AvgIpc) is 1.72. The van der Waals surface area contributed by atoms with Gasteiger partial charge in [-0.15, -0.1) is 5.06 Å². The van der Waals surface area contributed by atoms with Crippen molar-refractivity contribution < 1.29 is 151 Å². The molecule has 0 saturated carbocycles. The number of hydrogen-bond acceptors (Lipinski definition) is 35. The zero-order valence-corrected chi connectivity index (χ0v) is 101. The summed E-state index contributed by atoms with van der Waals surface area (Å²) in [4.78, 5) is 240. The molecule has 2 rings (SSSR count). The minimum atomic E-state index is -1.17. The van der Waals surface area contributed by atoms with Gasteiger partial charge >= 0.3 is 59.7 Å². The number of carboxylic acid groups (broad SMARTS) is 9. The number of thiol groups is 1. The molecular formula is C100H178N8O31S11. The fourth-order valence-electron chi connectivity index (χ4n) is 10.9. The molecule has 8 amide bonds. The second-order valence-corrected chi connectivity index (χ2v) is 57.0. The number of unbranched alkanes of at least 4 members (excludes halogenated alkanes) is 10. The number of ketones is 3. The van der Waals surface area contributed by atoms with Gasteiger partial charge in [-0.2, -0.15) is 12.6 Å². The monoisotopic (exact) mass is 2340 g/mol. The number of amides is 8. The molecule has 0 aromatic carbocycles. The number of hydrogen-bond donors (Lipinski definition) is 16. The van der Waals surface area contributed by atoms with Gasteiger partial charge < -0.3 is 83.5 Å². The third-order valence-electron chi connectivity index (χ3n) is 19.5. The van der Waals surface area contributed by atoms with E-state index in [-0.39, 0.29) is 221 Å². The molecule has 0 spiro atoms. The van der Waals surface area contributed by atoms with Gasteiger partial charge in [0.2, 0.25) is 35.4 Å². The third kappa shape index (κ3) is 102. The Morgan fingerprint density at radius 1 is 0.327 bits per heavy atom. The first-order valence-electron chi connectivity index (χ1n) is 50.5. The molecule has 39 nitrogen and oxygen atoms in total. The van der Waals surface area contributed by atoms with Crippen LogP contribution in [0, 0.1) is 47.3 Å². The first-order chi connectivity index (χ1) is 69.3. The molecule has 0 radical (unpaired) electrons. The molecule has 2 fully saturated rings. The number of nitrogens with two attached hydrogens (primary N) is 2. The Morgan fingerprint density at radius 3 is 0.853 bits per heavy atom. The Morgan fingerprint density at radius 2 is 0.587 bits per heavy atom. The molecule has 2 heterocycles. The van der Waals surface area contributed by atoms with Gasteiger partial charge in [0.15, 0.2) is 5.78 Å². The molecule has 0 aliphatic carbocycles. The van der Waals surface area contributed by atoms with E-state index in [0.29, 0.717) is 87.1 Å². The van der Waals surface area contributed by atoms with Gasteiger partial charge in [-0.05, 0) is 90.0 Å². The van der Waals surface area contributed by atoms with E-state index in [1.54, 1.807) is 129 Å². The van der Waals surface area contributed by atoms with Crippen LogP contribution in [-0.4, -0.2) is 284 Å². The lowest BCUT2D eigenvalue weighted by Crippen LogP contribution is -2.34. The number of aliphatic carboxylic acids is 9. The maximum absolute atomic E-state index is 12.0. The molecule has 150 heavy (non-hydrogen) atoms. The zero-order valence-electron chi connectivity index (χ0n) is 91.9. The van der Waals surface area contributed by atoms with Crippen molar-refractivity contribution in [3.05, 3.63) is 0 Å². The highest BCUT2D eigenvalue weighted by Gasteiger charge is 2.36. The Balaban J connectivity index is -0.000000405. The molecular weight excluding hydrogens is 2160 g/mol. The van der Waals surface area contributed by atoms with Gasteiger partial charge in [-0.1, -0.05) is 285 Å². The number of carbonyl (C=O) groups excluding carboxylic acids is 12. The summed E-state index contributed by atoms with van der Waals surface area (Å²) in [6.45, 7) is 46.0. The fourth-order valence-corrected chi connectivity index (χ4v) is 24.3. The Labute approximate surface area is 933 Å². The highest BCUT2D eigenvalue weighted by molar-refractivity contribution is 8.78. The van der Waals surface area contributed by atoms with Gasteiger partial charge in [-0.25, -0.2) is 4.79 Å². The van der Waals surface area contributed by atoms with Crippen LogP contribution in [-0.2, 0) is 106 Å². The van der Waals surface area contributed by atoms with Gasteiger partial charge in [0.05, 0.1) is 30.2 Å². The summed E-state index contributed by atoms with van der Waals surface area (Å²) in [5.41, 5.74) is 10.2. The topological polar surface area (TPSA) is 656 Å². The van der Waals surface area contributed by atoms with Crippen LogP contribution in [0.5, 0.6) is 0 Å². The average molecular weight is 2340 g/mol. The third-order valence-corrected chi connectivity index (χ3v) is 37.6. The van der Waals surface area contributed by atoms with Crippen LogP contribution >= 0.6 is 121 Å². The summed E-state index contributed by atoms with van der Waals surface area (Å²) in [5, 5.41) is 89.0. The van der Waals surface area contributed by atoms with Crippen LogP contribution in [0.25, 0.3) is 0 Å². The van der Waals surface area contributed by atoms with Gasteiger partial charge in [0.1, 0.15) is 17.6 Å². The number of Topliss-reactive ketones (excluding diaryl/α,β-unsaturated/α-hetero) is 3. The van der Waals surface area contributed by atoms with Crippen LogP contribution in [0.4, 0.5) is 0 Å². The predicted octanol–water partition coefficient (Wildman–Crippen LogP) is 17.7. The SMILES string of the molecule is CC(CS)C(=O)NCCCCCC(=O)CC(CCC(=O)O)C(=O)O.CC(CSSC(C)(C)C)C(=O)NCCCCCC(=O)CC(CCC(=O)O)C(=O)O.CC(CSSC(C)(C)C)C(=O)NCCCCCC(=O)CN1C(=O)CCC1=O.CC(CSSC(C)(C)C)C(=O)NCCCCCC(=O)O.CC(CSSC(C)(C)C)C(=O)O.CC(CSSC(C)(C)C)C(=O)ON1C(=O)CCC1=O.NC(CCC(=O)O)C(=O)O.NCCCCCC(=O)O. The predicted molar refractivity (Wildman–Crippen MR) is 610 cm³/mol. The molecule has 50 heteroatoms. The highest BCUT2D eigenvalue weighted by Crippen LogP contribution is 2.40. The minimum absolute atomic E-state index is 0.00821. The Hall–Kier alpha value is -6.36. The number of hydroxylamine groups is 2. The van der Waals surface area contributed by atoms with E-state index in [0.717, 1.165) is 92.8 Å². The van der Waals surface area contributed by atoms with Crippen LogP contribution in [0.2, 0.25) is 0 Å². The molecule has 9 atom stereocenters. The fraction of sp³-hybridized carbons (Fsp3) is 0.790. The van der Waals surface area contributed by atoms with E-state index < -0.39 is 89.4 Å². The molecule has 0 bridgehead atoms. The lowest BCUT2D eigenvalue weighted by Gasteiger charge is -2.19. The summed E-state index contributed by atoms with van der Waals surface area (Å²) < 4.78 is 0.899. The standard InChI is InChI=1S/C20H35NO6S2.C19H32N2O4S2.C16H27NO6S.C14H27NO3S2.C12H19NO4S2.C8H16O2S2.C6H13NO2.C5H9NO4/c1-14(13-28-29-20(2,3)4)18(25)21-11-7-5-6-8-16(22)12-15(19(26)27)9-10-17(23)24;1-14(13-26-27-19(2,3)4)18(25)20-11-7-5-6-8-15(22)12-21-16(23)9-10-17(21)24;1-11(10-24)15(21)17-8-4-2-3-5-13(18)9-12(16(22)23)6-7-14(19)20;1-11(10-19-20-14(2,3)4)13(18)15-9-7-5-6-8-12(16)17;1-8(7-18-19-12(2,3)4)11(16)17-13-9(14)5-6-10(13)15;1-6(7(9)10)5-11-12-8(2,3)4;7-5-3-1-2-4-6(8)9;6-3(5(9)10)1-2-4(7)8/h14-15H,5-13H2,1-4H3,(H,21,25)(H,23,24)(H,26,27);14H,5-13H2,1-4H3,(H,20,25);11-12,24H,2-10H2,1H3,(H,17,21)(H,19,20)(H,22,23);11H,5-10H2,1-4H3,(H,15,18)(H,16,17);8H,5-7H2,1-4H3;6H,5H2,1-4H3,(H,9,10);1-5,7H2,(H,8,9);3H,1-2,6H2,(H,7,8)(H,9,10). The Kier molecular flexibility index (Phi) is 92.2. The summed E-state index contributed by atoms with van der Waals surface area (Å²) in [7, 11) is 17.2. The van der Waals surface area contributed by atoms with E-state index >= 15 is 0 Å². The molecule has 870 valence electrons. The number of rotatable bonds is 70. The summed E-state index contributed by atoms with van der Waals surface area (Å²) in [6, 6.07) is -1.06. The highest BCUT2D eigenvalue weighted by atomic mass is 33.1. The van der Waals surface area contributed by atoms with Crippen LogP contribution < -0.4 is 32.7 Å². The molecule has 2 aliphatic rings. The number of nitrogens with zero attached hydrogens (tertiary/aromatic N) is 2. The van der Waals surface area contributed by atoms with Crippen molar-refractivity contribution in [1.29, 1.82) is 0 Å². The largest absolute Gasteiger partial charge is 0.481 e. The van der Waals surface area contributed by atoms with E-state index in [9.17, 15) is 101 Å². The number of nitrogens with one attached hydrogen (secondary N) is 4. The van der Waals surface area contributed by atoms with E-state index in [1.807, 2.05) is 20.8 Å². The number of carbonyl (C=O) groups is 21. The van der Waals surface area contributed by atoms with Crippen molar-refractivity contribution in [3.8, 4) is 0 Å². The molecule has 9 unspecified atom stereocenters. The number of imide groups is 2. The van der Waals surface area contributed by atoms with Crippen molar-refractivity contribution >= 4 is 245 Å². The quantitative estimate of drug-likeness (QED) is 0.0116. The van der Waals surface area contributed by atoms with Crippen molar-refractivity contribution in [2.75, 3.05) is 73.8 Å². The van der Waals surface area contributed by atoms with E-state index in [2.05, 4.69) is 138 Å². The molecule has 2 aliphatic heterocycles.